The highest BCUT2D eigenvalue weighted by Gasteiger charge is 2.28. The number of carbonyl (C=O) groups excluding carboxylic acids is 1. The van der Waals surface area contributed by atoms with Gasteiger partial charge in [0, 0.05) is 45.2 Å². The van der Waals surface area contributed by atoms with Gasteiger partial charge in [-0.2, -0.15) is 0 Å². The highest BCUT2D eigenvalue weighted by atomic mass is 16.2. The van der Waals surface area contributed by atoms with E-state index in [1.165, 1.54) is 19.3 Å². The molecule has 1 amide bonds. The molecule has 0 unspecified atom stereocenters. The van der Waals surface area contributed by atoms with Gasteiger partial charge in [0.1, 0.15) is 0 Å². The van der Waals surface area contributed by atoms with Crippen LogP contribution in [0.4, 0.5) is 0 Å². The first-order chi connectivity index (χ1) is 7.31. The van der Waals surface area contributed by atoms with Gasteiger partial charge in [0.15, 0.2) is 0 Å². The van der Waals surface area contributed by atoms with Crippen molar-refractivity contribution in [3.8, 4) is 0 Å². The number of nitrogens with two attached hydrogens (primary N) is 1. The van der Waals surface area contributed by atoms with Crippen LogP contribution in [0.5, 0.6) is 0 Å². The first-order valence-corrected chi connectivity index (χ1v) is 6.03. The zero-order valence-electron chi connectivity index (χ0n) is 9.32. The largest absolute Gasteiger partial charge is 0.340 e. The Balaban J connectivity index is 1.73. The van der Waals surface area contributed by atoms with Gasteiger partial charge in [0.05, 0.1) is 0 Å². The van der Waals surface area contributed by atoms with E-state index in [0.29, 0.717) is 13.0 Å². The minimum atomic E-state index is 0.228. The molecule has 4 nitrogen and oxygen atoms in total. The second kappa shape index (κ2) is 4.94. The third-order valence-corrected chi connectivity index (χ3v) is 3.62. The number of hydrogen-bond acceptors (Lipinski definition) is 3. The van der Waals surface area contributed by atoms with Crippen LogP contribution < -0.4 is 5.73 Å². The molecule has 1 aliphatic carbocycles. The summed E-state index contributed by atoms with van der Waals surface area (Å²) >= 11 is 0. The van der Waals surface area contributed by atoms with Gasteiger partial charge in [0.2, 0.25) is 5.91 Å². The first-order valence-electron chi connectivity index (χ1n) is 6.03. The molecule has 2 aliphatic rings. The van der Waals surface area contributed by atoms with Crippen molar-refractivity contribution in [3.05, 3.63) is 0 Å². The Bertz CT molecular complexity index is 220. The van der Waals surface area contributed by atoms with Crippen LogP contribution in [0, 0.1) is 0 Å². The third-order valence-electron chi connectivity index (χ3n) is 3.62. The molecule has 0 aromatic heterocycles. The predicted molar refractivity (Wildman–Crippen MR) is 59.5 cm³/mol. The normalized spacial score (nSPS) is 23.9. The van der Waals surface area contributed by atoms with Crippen LogP contribution in [0.1, 0.15) is 25.7 Å². The lowest BCUT2D eigenvalue weighted by Gasteiger charge is -2.42. The zero-order valence-corrected chi connectivity index (χ0v) is 9.32. The maximum atomic E-state index is 11.6. The first kappa shape index (κ1) is 10.9. The quantitative estimate of drug-likeness (QED) is 0.716. The van der Waals surface area contributed by atoms with E-state index in [1.807, 2.05) is 4.90 Å². The Kier molecular flexibility index (Phi) is 3.59. The van der Waals surface area contributed by atoms with E-state index in [4.69, 9.17) is 5.73 Å². The fourth-order valence-corrected chi connectivity index (χ4v) is 2.37. The van der Waals surface area contributed by atoms with Crippen molar-refractivity contribution in [1.82, 2.24) is 9.80 Å². The van der Waals surface area contributed by atoms with Crippen LogP contribution in [0.2, 0.25) is 0 Å². The van der Waals surface area contributed by atoms with Crippen LogP contribution >= 0.6 is 0 Å². The molecule has 4 heteroatoms. The molecule has 1 saturated carbocycles. The molecule has 2 fully saturated rings. The summed E-state index contributed by atoms with van der Waals surface area (Å²) in [6, 6.07) is 0.816. The minimum absolute atomic E-state index is 0.228. The predicted octanol–water partition coefficient (Wildman–Crippen LogP) is 0.0319. The van der Waals surface area contributed by atoms with Crippen LogP contribution in [-0.2, 0) is 4.79 Å². The molecule has 1 heterocycles. The maximum Gasteiger partial charge on any atom is 0.223 e. The van der Waals surface area contributed by atoms with Crippen molar-refractivity contribution in [3.63, 3.8) is 0 Å². The molecular formula is C11H21N3O. The summed E-state index contributed by atoms with van der Waals surface area (Å²) in [5, 5.41) is 0. The Morgan fingerprint density at radius 1 is 1.20 bits per heavy atom. The van der Waals surface area contributed by atoms with Crippen molar-refractivity contribution in [2.75, 3.05) is 32.7 Å². The van der Waals surface area contributed by atoms with E-state index in [2.05, 4.69) is 4.90 Å². The van der Waals surface area contributed by atoms with E-state index >= 15 is 0 Å². The van der Waals surface area contributed by atoms with Crippen molar-refractivity contribution < 1.29 is 4.79 Å². The lowest BCUT2D eigenvalue weighted by Crippen LogP contribution is -2.53. The number of rotatable bonds is 3. The van der Waals surface area contributed by atoms with Crippen molar-refractivity contribution in [2.24, 2.45) is 5.73 Å². The maximum absolute atomic E-state index is 11.6. The summed E-state index contributed by atoms with van der Waals surface area (Å²) in [5.41, 5.74) is 5.38. The van der Waals surface area contributed by atoms with Crippen LogP contribution in [0.25, 0.3) is 0 Å². The lowest BCUT2D eigenvalue weighted by molar-refractivity contribution is -0.133. The highest BCUT2D eigenvalue weighted by molar-refractivity contribution is 5.76. The van der Waals surface area contributed by atoms with Crippen molar-refractivity contribution in [2.45, 2.75) is 31.7 Å². The Morgan fingerprint density at radius 2 is 1.87 bits per heavy atom. The number of carbonyl (C=O) groups is 1. The van der Waals surface area contributed by atoms with Gasteiger partial charge in [-0.25, -0.2) is 0 Å². The van der Waals surface area contributed by atoms with E-state index in [1.54, 1.807) is 0 Å². The van der Waals surface area contributed by atoms with E-state index in [-0.39, 0.29) is 5.91 Å². The molecule has 0 radical (unpaired) electrons. The Hall–Kier alpha value is -0.610. The van der Waals surface area contributed by atoms with Crippen LogP contribution in [-0.4, -0.2) is 54.5 Å². The highest BCUT2D eigenvalue weighted by Crippen LogP contribution is 2.25. The van der Waals surface area contributed by atoms with Gasteiger partial charge in [-0.05, 0) is 12.8 Å². The van der Waals surface area contributed by atoms with E-state index < -0.39 is 0 Å². The summed E-state index contributed by atoms with van der Waals surface area (Å²) in [7, 11) is 0. The SMILES string of the molecule is NCCC(=O)N1CCN(C2CCC2)CC1. The molecule has 1 saturated heterocycles. The van der Waals surface area contributed by atoms with E-state index in [0.717, 1.165) is 32.2 Å². The molecule has 2 N–H and O–H groups in total. The fraction of sp³-hybridized carbons (Fsp3) is 0.909. The summed E-state index contributed by atoms with van der Waals surface area (Å²) < 4.78 is 0. The van der Waals surface area contributed by atoms with Crippen LogP contribution in [0.3, 0.4) is 0 Å². The van der Waals surface area contributed by atoms with Gasteiger partial charge < -0.3 is 10.6 Å². The topological polar surface area (TPSA) is 49.6 Å². The fourth-order valence-electron chi connectivity index (χ4n) is 2.37. The van der Waals surface area contributed by atoms with Crippen molar-refractivity contribution in [1.29, 1.82) is 0 Å². The Morgan fingerprint density at radius 3 is 2.33 bits per heavy atom. The van der Waals surface area contributed by atoms with Gasteiger partial charge in [-0.15, -0.1) is 0 Å². The van der Waals surface area contributed by atoms with Gasteiger partial charge in [0.25, 0.3) is 0 Å². The molecule has 15 heavy (non-hydrogen) atoms. The molecule has 1 aliphatic heterocycles. The molecule has 0 aromatic rings. The molecule has 0 bridgehead atoms. The molecule has 0 aromatic carbocycles. The van der Waals surface area contributed by atoms with E-state index in [9.17, 15) is 4.79 Å². The number of hydrogen-bond donors (Lipinski definition) is 1. The zero-order chi connectivity index (χ0) is 10.7. The molecule has 86 valence electrons. The average molecular weight is 211 g/mol. The van der Waals surface area contributed by atoms with Gasteiger partial charge in [-0.1, -0.05) is 6.42 Å². The van der Waals surface area contributed by atoms with Crippen LogP contribution in [0.15, 0.2) is 0 Å². The monoisotopic (exact) mass is 211 g/mol. The van der Waals surface area contributed by atoms with Crippen molar-refractivity contribution >= 4 is 5.91 Å². The minimum Gasteiger partial charge on any atom is -0.340 e. The molecule has 2 rings (SSSR count). The second-order valence-corrected chi connectivity index (χ2v) is 4.54. The van der Waals surface area contributed by atoms with Gasteiger partial charge >= 0.3 is 0 Å². The third kappa shape index (κ3) is 2.49. The smallest absolute Gasteiger partial charge is 0.223 e. The number of amides is 1. The molecule has 0 atom stereocenters. The summed E-state index contributed by atoms with van der Waals surface area (Å²) in [5.74, 6) is 0.228. The standard InChI is InChI=1S/C11H21N3O/c12-5-4-11(15)14-8-6-13(7-9-14)10-2-1-3-10/h10H,1-9,12H2. The summed E-state index contributed by atoms with van der Waals surface area (Å²) in [4.78, 5) is 16.1. The van der Waals surface area contributed by atoms with Gasteiger partial charge in [-0.3, -0.25) is 9.69 Å². The number of nitrogens with zero attached hydrogens (tertiary/aromatic N) is 2. The summed E-state index contributed by atoms with van der Waals surface area (Å²) in [6.07, 6.45) is 4.61. The Labute approximate surface area is 91.4 Å². The second-order valence-electron chi connectivity index (χ2n) is 4.54. The molecular weight excluding hydrogens is 190 g/mol. The molecule has 0 spiro atoms. The summed E-state index contributed by atoms with van der Waals surface area (Å²) in [6.45, 7) is 4.38. The average Bonchev–Trinajstić information content (AvgIpc) is 2.16. The number of piperazine rings is 1. The lowest BCUT2D eigenvalue weighted by atomic mass is 9.91.